The van der Waals surface area contributed by atoms with Crippen LogP contribution in [0.25, 0.3) is 15.4 Å². The highest BCUT2D eigenvalue weighted by Gasteiger charge is 2.18. The first kappa shape index (κ1) is 27.8. The minimum absolute atomic E-state index is 0.101. The molecule has 34 heavy (non-hydrogen) atoms. The highest BCUT2D eigenvalue weighted by molar-refractivity contribution is 7.17. The lowest BCUT2D eigenvalue weighted by Gasteiger charge is -2.30. The first-order valence-electron chi connectivity index (χ1n) is 12.1. The van der Waals surface area contributed by atoms with Gasteiger partial charge in [-0.15, -0.1) is 11.3 Å². The Hall–Kier alpha value is -2.47. The Morgan fingerprint density at radius 2 is 1.85 bits per heavy atom. The number of rotatable bonds is 13. The molecular formula is C26H39N5O2S. The first-order chi connectivity index (χ1) is 16.2. The lowest BCUT2D eigenvalue weighted by molar-refractivity contribution is 0.0942. The van der Waals surface area contributed by atoms with Crippen molar-refractivity contribution in [2.24, 2.45) is 0 Å². The maximum atomic E-state index is 12.8. The van der Waals surface area contributed by atoms with Crippen LogP contribution in [-0.4, -0.2) is 72.1 Å². The number of aromatic nitrogens is 1. The van der Waals surface area contributed by atoms with Crippen LogP contribution in [0.3, 0.4) is 0 Å². The molecule has 0 atom stereocenters. The number of amides is 1. The molecule has 0 aliphatic carbocycles. The molecule has 2 aromatic rings. The van der Waals surface area contributed by atoms with E-state index in [4.69, 9.17) is 11.3 Å². The van der Waals surface area contributed by atoms with Crippen molar-refractivity contribution in [2.45, 2.75) is 60.5 Å². The van der Waals surface area contributed by atoms with Gasteiger partial charge in [0.05, 0.1) is 18.9 Å². The van der Waals surface area contributed by atoms with Gasteiger partial charge >= 0.3 is 0 Å². The number of benzene rings is 1. The van der Waals surface area contributed by atoms with Crippen LogP contribution in [-0.2, 0) is 0 Å². The van der Waals surface area contributed by atoms with Crippen molar-refractivity contribution in [3.8, 4) is 16.3 Å². The monoisotopic (exact) mass is 485 g/mol. The number of carbonyl (C=O) groups excluding carboxylic acids is 1. The highest BCUT2D eigenvalue weighted by Crippen LogP contribution is 2.35. The lowest BCUT2D eigenvalue weighted by Crippen LogP contribution is -2.42. The molecule has 0 fully saturated rings. The van der Waals surface area contributed by atoms with Gasteiger partial charge in [-0.1, -0.05) is 19.9 Å². The van der Waals surface area contributed by atoms with Crippen molar-refractivity contribution in [1.29, 1.82) is 0 Å². The quantitative estimate of drug-likeness (QED) is 0.393. The Bertz CT molecular complexity index is 968. The van der Waals surface area contributed by atoms with E-state index in [1.807, 2.05) is 19.1 Å². The van der Waals surface area contributed by atoms with Gasteiger partial charge in [0.25, 0.3) is 5.91 Å². The normalized spacial score (nSPS) is 11.5. The van der Waals surface area contributed by atoms with Crippen LogP contribution in [0.15, 0.2) is 18.2 Å². The minimum Gasteiger partial charge on any atom is -0.503 e. The molecule has 8 heteroatoms. The number of carbonyl (C=O) groups is 1. The largest absolute Gasteiger partial charge is 0.503 e. The van der Waals surface area contributed by atoms with Crippen molar-refractivity contribution in [1.82, 2.24) is 20.1 Å². The molecule has 0 bridgehead atoms. The summed E-state index contributed by atoms with van der Waals surface area (Å²) in [5.41, 5.74) is 1.98. The van der Waals surface area contributed by atoms with E-state index >= 15 is 0 Å². The molecule has 1 N–H and O–H groups in total. The average molecular weight is 486 g/mol. The van der Waals surface area contributed by atoms with Crippen LogP contribution in [0.5, 0.6) is 5.75 Å². The van der Waals surface area contributed by atoms with Crippen LogP contribution < -0.4 is 10.1 Å². The highest BCUT2D eigenvalue weighted by atomic mass is 32.1. The minimum atomic E-state index is -0.101. The van der Waals surface area contributed by atoms with E-state index < -0.39 is 0 Å². The van der Waals surface area contributed by atoms with E-state index in [0.29, 0.717) is 47.2 Å². The summed E-state index contributed by atoms with van der Waals surface area (Å²) in [7, 11) is 0. The van der Waals surface area contributed by atoms with Crippen LogP contribution in [0.1, 0.15) is 56.9 Å². The molecule has 0 aliphatic rings. The maximum absolute atomic E-state index is 12.8. The zero-order valence-electron chi connectivity index (χ0n) is 21.6. The Labute approximate surface area is 208 Å². The van der Waals surface area contributed by atoms with E-state index in [2.05, 4.69) is 66.5 Å². The molecule has 0 radical (unpaired) electrons. The summed E-state index contributed by atoms with van der Waals surface area (Å²) < 4.78 is 5.88. The van der Waals surface area contributed by atoms with Gasteiger partial charge in [-0.05, 0) is 59.8 Å². The fourth-order valence-electron chi connectivity index (χ4n) is 3.91. The second kappa shape index (κ2) is 13.4. The topological polar surface area (TPSA) is 62.1 Å². The Kier molecular flexibility index (Phi) is 11.0. The molecule has 2 rings (SSSR count). The van der Waals surface area contributed by atoms with Crippen molar-refractivity contribution < 1.29 is 9.53 Å². The maximum Gasteiger partial charge on any atom is 0.263 e. The molecule has 7 nitrogen and oxygen atoms in total. The molecule has 1 heterocycles. The number of aryl methyl sites for hydroxylation is 1. The van der Waals surface area contributed by atoms with Gasteiger partial charge in [0.15, 0.2) is 0 Å². The van der Waals surface area contributed by atoms with Gasteiger partial charge in [-0.3, -0.25) is 9.69 Å². The summed E-state index contributed by atoms with van der Waals surface area (Å²) in [4.78, 5) is 26.3. The van der Waals surface area contributed by atoms with Gasteiger partial charge in [-0.2, -0.15) is 0 Å². The summed E-state index contributed by atoms with van der Waals surface area (Å²) in [6, 6.07) is 6.38. The van der Waals surface area contributed by atoms with Gasteiger partial charge in [-0.25, -0.2) is 9.83 Å². The van der Waals surface area contributed by atoms with Crippen LogP contribution >= 0.6 is 11.3 Å². The average Bonchev–Trinajstić information content (AvgIpc) is 3.20. The molecule has 186 valence electrons. The zero-order chi connectivity index (χ0) is 25.3. The SMILES string of the molecule is [C-]#[N+]c1cc(-c2nc(C)c(C(=O)NCCN(C(C)C)C(C)C)s2)ccc1OCCN(CC)CC. The molecule has 0 aliphatic heterocycles. The predicted molar refractivity (Wildman–Crippen MR) is 141 cm³/mol. The third kappa shape index (κ3) is 7.52. The number of hydrogen-bond acceptors (Lipinski definition) is 6. The van der Waals surface area contributed by atoms with E-state index in [0.717, 1.165) is 36.8 Å². The van der Waals surface area contributed by atoms with Crippen LogP contribution in [0.2, 0.25) is 0 Å². The number of thiazole rings is 1. The number of nitrogens with one attached hydrogen (secondary N) is 1. The van der Waals surface area contributed by atoms with Gasteiger partial charge < -0.3 is 15.0 Å². The van der Waals surface area contributed by atoms with Crippen molar-refractivity contribution in [2.75, 3.05) is 39.3 Å². The number of hydrogen-bond donors (Lipinski definition) is 1. The second-order valence-corrected chi connectivity index (χ2v) is 9.78. The third-order valence-corrected chi connectivity index (χ3v) is 7.08. The summed E-state index contributed by atoms with van der Waals surface area (Å²) >= 11 is 1.36. The zero-order valence-corrected chi connectivity index (χ0v) is 22.5. The fourth-order valence-corrected chi connectivity index (χ4v) is 4.89. The molecule has 1 aromatic carbocycles. The summed E-state index contributed by atoms with van der Waals surface area (Å²) in [6.07, 6.45) is 0. The molecule has 0 saturated carbocycles. The Morgan fingerprint density at radius 1 is 1.18 bits per heavy atom. The molecule has 0 unspecified atom stereocenters. The molecule has 1 amide bonds. The van der Waals surface area contributed by atoms with Crippen LogP contribution in [0.4, 0.5) is 5.69 Å². The number of likely N-dealkylation sites (N-methyl/N-ethyl adjacent to an activating group) is 1. The van der Waals surface area contributed by atoms with Gasteiger partial charge in [0.1, 0.15) is 15.6 Å². The van der Waals surface area contributed by atoms with E-state index in [1.54, 1.807) is 6.07 Å². The number of nitrogens with zero attached hydrogens (tertiary/aromatic N) is 4. The Morgan fingerprint density at radius 3 is 2.44 bits per heavy atom. The summed E-state index contributed by atoms with van der Waals surface area (Å²) in [5.74, 6) is 0.479. The third-order valence-electron chi connectivity index (χ3n) is 5.87. The van der Waals surface area contributed by atoms with Gasteiger partial charge in [0.2, 0.25) is 5.69 Å². The fraction of sp³-hybridized carbons (Fsp3) is 0.577. The number of ether oxygens (including phenoxy) is 1. The van der Waals surface area contributed by atoms with E-state index in [-0.39, 0.29) is 5.91 Å². The summed E-state index contributed by atoms with van der Waals surface area (Å²) in [5, 5.41) is 3.77. The summed E-state index contributed by atoms with van der Waals surface area (Å²) in [6.45, 7) is 27.0. The van der Waals surface area contributed by atoms with Gasteiger partial charge in [0, 0.05) is 37.3 Å². The Balaban J connectivity index is 2.07. The molecule has 0 saturated heterocycles. The second-order valence-electron chi connectivity index (χ2n) is 8.78. The predicted octanol–water partition coefficient (Wildman–Crippen LogP) is 5.24. The van der Waals surface area contributed by atoms with Crippen molar-refractivity contribution in [3.05, 3.63) is 40.2 Å². The van der Waals surface area contributed by atoms with E-state index in [1.165, 1.54) is 11.3 Å². The van der Waals surface area contributed by atoms with E-state index in [9.17, 15) is 4.79 Å². The molecule has 1 aromatic heterocycles. The van der Waals surface area contributed by atoms with Crippen molar-refractivity contribution >= 4 is 22.9 Å². The lowest BCUT2D eigenvalue weighted by atomic mass is 10.2. The van der Waals surface area contributed by atoms with Crippen LogP contribution in [0, 0.1) is 13.5 Å². The molecular weight excluding hydrogens is 446 g/mol. The smallest absolute Gasteiger partial charge is 0.263 e. The first-order valence-corrected chi connectivity index (χ1v) is 12.9. The van der Waals surface area contributed by atoms with Crippen molar-refractivity contribution in [3.63, 3.8) is 0 Å². The standard InChI is InChI=1S/C26H39N5O2S/c1-9-30(10-2)15-16-33-23-12-11-21(17-22(23)27-8)26-29-20(7)24(34-26)25(32)28-13-14-31(18(3)4)19(5)6/h11-12,17-19H,9-10,13-16H2,1-7H3,(H,28,32). The molecule has 0 spiro atoms.